The normalized spacial score (nSPS) is 40.6. The van der Waals surface area contributed by atoms with Crippen LogP contribution in [0.4, 0.5) is 0 Å². The molecule has 4 rings (SSSR count). The summed E-state index contributed by atoms with van der Waals surface area (Å²) in [5.74, 6) is 2.07. The summed E-state index contributed by atoms with van der Waals surface area (Å²) >= 11 is 1.73. The molecule has 0 heterocycles. The maximum atomic E-state index is 12.3. The average molecular weight is 364 g/mol. The number of halogens is 1. The minimum Gasteiger partial charge on any atom is -0.441 e. The third-order valence-corrected chi connectivity index (χ3v) is 5.32. The van der Waals surface area contributed by atoms with Crippen LogP contribution in [0.3, 0.4) is 0 Å². The van der Waals surface area contributed by atoms with Crippen LogP contribution < -0.4 is 0 Å². The molecular weight excluding hydrogens is 347 g/mol. The van der Waals surface area contributed by atoms with Crippen molar-refractivity contribution in [3.05, 3.63) is 4.91 Å². The zero-order valence-electron chi connectivity index (χ0n) is 10.2. The highest BCUT2D eigenvalue weighted by Crippen LogP contribution is 2.60. The summed E-state index contributed by atoms with van der Waals surface area (Å²) in [5.41, 5.74) is -0.241. The van der Waals surface area contributed by atoms with E-state index in [9.17, 15) is 9.70 Å². The summed E-state index contributed by atoms with van der Waals surface area (Å²) in [6.45, 7) is -0.0371. The first-order valence-electron chi connectivity index (χ1n) is 6.55. The zero-order valence-corrected chi connectivity index (χ0v) is 12.3. The molecule has 0 aromatic carbocycles. The maximum Gasteiger partial charge on any atom is 0.313 e. The second-order valence-electron chi connectivity index (χ2n) is 6.18. The van der Waals surface area contributed by atoms with E-state index in [0.29, 0.717) is 0 Å². The quantitative estimate of drug-likeness (QED) is 0.192. The van der Waals surface area contributed by atoms with Gasteiger partial charge in [0.2, 0.25) is 0 Å². The highest BCUT2D eigenvalue weighted by atomic mass is 127. The van der Waals surface area contributed by atoms with Crippen molar-refractivity contribution in [1.29, 1.82) is 0 Å². The number of esters is 1. The highest BCUT2D eigenvalue weighted by molar-refractivity contribution is 14.1. The van der Waals surface area contributed by atoms with Crippen molar-refractivity contribution >= 4 is 28.8 Å². The molecule has 100 valence electrons. The minimum absolute atomic E-state index is 0.0371. The predicted octanol–water partition coefficient (Wildman–Crippen LogP) is 3.04. The molecule has 0 atom stereocenters. The number of carbonyl (C=O) groups is 1. The van der Waals surface area contributed by atoms with Crippen LogP contribution in [0.5, 0.6) is 0 Å². The Labute approximate surface area is 120 Å². The van der Waals surface area contributed by atoms with Crippen molar-refractivity contribution in [2.45, 2.75) is 38.5 Å². The summed E-state index contributed by atoms with van der Waals surface area (Å²) in [4.78, 5) is 22.6. The van der Waals surface area contributed by atoms with Crippen LogP contribution in [-0.4, -0.2) is 15.9 Å². The molecule has 0 aliphatic heterocycles. The van der Waals surface area contributed by atoms with Crippen molar-refractivity contribution in [2.75, 3.05) is 6.73 Å². The van der Waals surface area contributed by atoms with Gasteiger partial charge >= 0.3 is 5.97 Å². The standard InChI is InChI=1S/C12H17IN2O3/c13-15(14-17)7-18-11(16)12-4-8-1-9(5-12)3-10(2-8)6-12/h8-10H,1-7H2. The molecule has 18 heavy (non-hydrogen) atoms. The van der Waals surface area contributed by atoms with Gasteiger partial charge in [-0.05, 0) is 56.3 Å². The monoisotopic (exact) mass is 364 g/mol. The van der Waals surface area contributed by atoms with Gasteiger partial charge in [-0.2, -0.15) is 3.22 Å². The number of carbonyl (C=O) groups excluding carboxylic acids is 1. The van der Waals surface area contributed by atoms with Crippen molar-refractivity contribution in [2.24, 2.45) is 28.5 Å². The molecule has 0 spiro atoms. The van der Waals surface area contributed by atoms with Crippen LogP contribution >= 0.6 is 22.9 Å². The second kappa shape index (κ2) is 4.61. The van der Waals surface area contributed by atoms with Gasteiger partial charge in [-0.3, -0.25) is 4.79 Å². The van der Waals surface area contributed by atoms with Crippen molar-refractivity contribution < 1.29 is 9.53 Å². The van der Waals surface area contributed by atoms with Gasteiger partial charge in [0.05, 0.1) is 33.6 Å². The second-order valence-corrected chi connectivity index (χ2v) is 7.29. The molecule has 4 aliphatic carbocycles. The summed E-state index contributed by atoms with van der Waals surface area (Å²) in [6, 6.07) is 0. The first kappa shape index (κ1) is 12.6. The lowest BCUT2D eigenvalue weighted by Gasteiger charge is -2.55. The van der Waals surface area contributed by atoms with E-state index in [1.54, 1.807) is 22.9 Å². The van der Waals surface area contributed by atoms with Crippen molar-refractivity contribution in [3.63, 3.8) is 0 Å². The molecule has 4 aliphatic rings. The molecule has 0 aromatic rings. The minimum atomic E-state index is -0.241. The molecule has 0 unspecified atom stereocenters. The third kappa shape index (κ3) is 2.12. The Balaban J connectivity index is 1.67. The fourth-order valence-corrected chi connectivity index (χ4v) is 4.79. The lowest BCUT2D eigenvalue weighted by atomic mass is 9.49. The van der Waals surface area contributed by atoms with Crippen molar-refractivity contribution in [1.82, 2.24) is 3.22 Å². The Bertz CT molecular complexity index is 339. The molecule has 0 radical (unpaired) electrons. The largest absolute Gasteiger partial charge is 0.441 e. The first-order chi connectivity index (χ1) is 8.61. The Morgan fingerprint density at radius 3 is 2.17 bits per heavy atom. The summed E-state index contributed by atoms with van der Waals surface area (Å²) in [5, 5.41) is 2.70. The number of nitroso groups, excluding NO2 is 1. The van der Waals surface area contributed by atoms with Gasteiger partial charge in [0.15, 0.2) is 6.73 Å². The van der Waals surface area contributed by atoms with E-state index in [1.165, 1.54) is 19.3 Å². The molecule has 6 heteroatoms. The molecule has 0 amide bonds. The number of rotatable bonds is 4. The SMILES string of the molecule is O=NN(I)COC(=O)C12CC3CC(CC(C3)C1)C2. The van der Waals surface area contributed by atoms with Crippen LogP contribution in [0, 0.1) is 28.1 Å². The van der Waals surface area contributed by atoms with E-state index in [2.05, 4.69) is 5.29 Å². The Hall–Kier alpha value is -0.400. The molecule has 0 N–H and O–H groups in total. The molecular formula is C12H17IN2O3. The molecule has 4 fully saturated rings. The molecule has 4 bridgehead atoms. The summed E-state index contributed by atoms with van der Waals surface area (Å²) in [7, 11) is 0. The number of ether oxygens (including phenoxy) is 1. The maximum absolute atomic E-state index is 12.3. The van der Waals surface area contributed by atoms with Gasteiger partial charge in [-0.15, -0.1) is 4.91 Å². The smallest absolute Gasteiger partial charge is 0.313 e. The lowest BCUT2D eigenvalue weighted by molar-refractivity contribution is -0.173. The lowest BCUT2D eigenvalue weighted by Crippen LogP contribution is -2.50. The summed E-state index contributed by atoms with van der Waals surface area (Å²) < 4.78 is 6.34. The van der Waals surface area contributed by atoms with Gasteiger partial charge in [0.1, 0.15) is 0 Å². The average Bonchev–Trinajstić information content (AvgIpc) is 2.33. The predicted molar refractivity (Wildman–Crippen MR) is 73.2 cm³/mol. The van der Waals surface area contributed by atoms with E-state index < -0.39 is 0 Å². The number of hydrogen-bond donors (Lipinski definition) is 0. The first-order valence-corrected chi connectivity index (χ1v) is 7.51. The van der Waals surface area contributed by atoms with Gasteiger partial charge < -0.3 is 4.74 Å². The van der Waals surface area contributed by atoms with E-state index in [4.69, 9.17) is 4.74 Å². The molecule has 5 nitrogen and oxygen atoms in total. The van der Waals surface area contributed by atoms with Gasteiger partial charge in [0.25, 0.3) is 0 Å². The highest BCUT2D eigenvalue weighted by Gasteiger charge is 2.55. The third-order valence-electron chi connectivity index (χ3n) is 4.86. The Kier molecular flexibility index (Phi) is 3.23. The van der Waals surface area contributed by atoms with E-state index >= 15 is 0 Å². The van der Waals surface area contributed by atoms with Crippen LogP contribution in [0.15, 0.2) is 5.29 Å². The van der Waals surface area contributed by atoms with E-state index in [-0.39, 0.29) is 18.1 Å². The molecule has 4 saturated carbocycles. The van der Waals surface area contributed by atoms with Crippen LogP contribution in [-0.2, 0) is 9.53 Å². The van der Waals surface area contributed by atoms with E-state index in [1.807, 2.05) is 0 Å². The Morgan fingerprint density at radius 2 is 1.72 bits per heavy atom. The number of hydrogen-bond acceptors (Lipinski definition) is 4. The Morgan fingerprint density at radius 1 is 1.22 bits per heavy atom. The zero-order chi connectivity index (χ0) is 12.8. The topological polar surface area (TPSA) is 59.0 Å². The van der Waals surface area contributed by atoms with E-state index in [0.717, 1.165) is 40.2 Å². The van der Waals surface area contributed by atoms with Crippen LogP contribution in [0.25, 0.3) is 0 Å². The summed E-state index contributed by atoms with van der Waals surface area (Å²) in [6.07, 6.45) is 6.90. The van der Waals surface area contributed by atoms with Crippen LogP contribution in [0.2, 0.25) is 0 Å². The van der Waals surface area contributed by atoms with Gasteiger partial charge in [-0.25, -0.2) is 0 Å². The van der Waals surface area contributed by atoms with Crippen molar-refractivity contribution in [3.8, 4) is 0 Å². The van der Waals surface area contributed by atoms with Gasteiger partial charge in [0, 0.05) is 0 Å². The van der Waals surface area contributed by atoms with Gasteiger partial charge in [-0.1, -0.05) is 0 Å². The molecule has 0 aromatic heterocycles. The fourth-order valence-electron chi connectivity index (χ4n) is 4.65. The fraction of sp³-hybridized carbons (Fsp3) is 0.917. The molecule has 0 saturated heterocycles. The van der Waals surface area contributed by atoms with Crippen LogP contribution in [0.1, 0.15) is 38.5 Å². The number of nitrogens with zero attached hydrogens (tertiary/aromatic N) is 2.